The van der Waals surface area contributed by atoms with Gasteiger partial charge in [0, 0.05) is 7.05 Å². The fraction of sp³-hybridized carbons (Fsp3) is 0.429. The Kier molecular flexibility index (Phi) is 3.67. The van der Waals surface area contributed by atoms with Gasteiger partial charge >= 0.3 is 0 Å². The molecule has 0 bridgehead atoms. The van der Waals surface area contributed by atoms with E-state index in [1.165, 1.54) is 18.9 Å². The number of likely N-dealkylation sites (tertiary alicyclic amines) is 1. The van der Waals surface area contributed by atoms with Crippen LogP contribution in [0.4, 0.5) is 4.39 Å². The molecule has 1 fully saturated rings. The van der Waals surface area contributed by atoms with Crippen molar-refractivity contribution >= 4 is 12.2 Å². The quantitative estimate of drug-likeness (QED) is 0.814. The maximum Gasteiger partial charge on any atom is 0.199 e. The first-order valence-corrected chi connectivity index (χ1v) is 7.19. The van der Waals surface area contributed by atoms with E-state index in [0.29, 0.717) is 22.8 Å². The van der Waals surface area contributed by atoms with Crippen LogP contribution in [0, 0.1) is 10.6 Å². The van der Waals surface area contributed by atoms with Gasteiger partial charge in [0.05, 0.1) is 12.2 Å². The lowest BCUT2D eigenvalue weighted by Gasteiger charge is -2.13. The Morgan fingerprint density at radius 1 is 1.25 bits per heavy atom. The van der Waals surface area contributed by atoms with Gasteiger partial charge in [-0.25, -0.2) is 9.07 Å². The summed E-state index contributed by atoms with van der Waals surface area (Å²) >= 11 is 5.41. The second kappa shape index (κ2) is 5.46. The van der Waals surface area contributed by atoms with E-state index in [0.717, 1.165) is 13.1 Å². The van der Waals surface area contributed by atoms with E-state index in [9.17, 15) is 4.39 Å². The third kappa shape index (κ3) is 2.41. The highest BCUT2D eigenvalue weighted by atomic mass is 32.1. The lowest BCUT2D eigenvalue weighted by Crippen LogP contribution is -2.23. The second-order valence-electron chi connectivity index (χ2n) is 5.11. The van der Waals surface area contributed by atoms with Crippen LogP contribution in [0.2, 0.25) is 0 Å². The predicted octanol–water partition coefficient (Wildman–Crippen LogP) is 2.81. The van der Waals surface area contributed by atoms with E-state index >= 15 is 0 Å². The zero-order valence-corrected chi connectivity index (χ0v) is 12.2. The van der Waals surface area contributed by atoms with Gasteiger partial charge in [0.25, 0.3) is 0 Å². The molecule has 0 aliphatic carbocycles. The van der Waals surface area contributed by atoms with Crippen molar-refractivity contribution in [1.82, 2.24) is 19.2 Å². The number of nitrogens with zero attached hydrogens (tertiary/aromatic N) is 4. The molecule has 1 aliphatic rings. The van der Waals surface area contributed by atoms with Crippen molar-refractivity contribution in [3.63, 3.8) is 0 Å². The molecule has 4 nitrogen and oxygen atoms in total. The number of halogens is 1. The number of hydrogen-bond donors (Lipinski definition) is 0. The third-order valence-corrected chi connectivity index (χ3v) is 4.17. The monoisotopic (exact) mass is 292 g/mol. The molecule has 1 aromatic carbocycles. The minimum atomic E-state index is -0.274. The van der Waals surface area contributed by atoms with Gasteiger partial charge in [0.15, 0.2) is 10.6 Å². The molecule has 6 heteroatoms. The minimum absolute atomic E-state index is 0.274. The predicted molar refractivity (Wildman–Crippen MR) is 78.2 cm³/mol. The largest absolute Gasteiger partial charge is 0.303 e. The average Bonchev–Trinajstić information content (AvgIpc) is 3.04. The van der Waals surface area contributed by atoms with E-state index in [1.54, 1.807) is 27.4 Å². The maximum absolute atomic E-state index is 13.9. The highest BCUT2D eigenvalue weighted by Crippen LogP contribution is 2.21. The van der Waals surface area contributed by atoms with Crippen molar-refractivity contribution in [2.24, 2.45) is 7.05 Å². The molecule has 20 heavy (non-hydrogen) atoms. The summed E-state index contributed by atoms with van der Waals surface area (Å²) in [6.07, 6.45) is 2.45. The number of aromatic nitrogens is 3. The zero-order chi connectivity index (χ0) is 14.1. The van der Waals surface area contributed by atoms with Crippen molar-refractivity contribution < 1.29 is 4.39 Å². The van der Waals surface area contributed by atoms with Crippen LogP contribution in [0.3, 0.4) is 0 Å². The fourth-order valence-corrected chi connectivity index (χ4v) is 2.76. The van der Waals surface area contributed by atoms with Gasteiger partial charge in [-0.05, 0) is 50.3 Å². The van der Waals surface area contributed by atoms with Crippen LogP contribution in [0.25, 0.3) is 11.4 Å². The van der Waals surface area contributed by atoms with E-state index in [4.69, 9.17) is 12.2 Å². The van der Waals surface area contributed by atoms with Crippen molar-refractivity contribution in [2.45, 2.75) is 19.5 Å². The van der Waals surface area contributed by atoms with E-state index in [2.05, 4.69) is 10.00 Å². The van der Waals surface area contributed by atoms with Crippen LogP contribution < -0.4 is 0 Å². The normalized spacial score (nSPS) is 15.9. The van der Waals surface area contributed by atoms with Crippen molar-refractivity contribution in [2.75, 3.05) is 13.1 Å². The summed E-state index contributed by atoms with van der Waals surface area (Å²) in [4.78, 5) is 2.31. The van der Waals surface area contributed by atoms with Gasteiger partial charge in [-0.3, -0.25) is 4.90 Å². The van der Waals surface area contributed by atoms with Crippen molar-refractivity contribution in [3.8, 4) is 11.4 Å². The Morgan fingerprint density at radius 2 is 1.95 bits per heavy atom. The molecule has 0 radical (unpaired) electrons. The molecule has 2 aromatic rings. The SMILES string of the molecule is Cn1c(-c2ccccc2F)nn(CN2CCCC2)c1=S. The first kappa shape index (κ1) is 13.5. The summed E-state index contributed by atoms with van der Waals surface area (Å²) in [5.74, 6) is 0.302. The molecular weight excluding hydrogens is 275 g/mol. The van der Waals surface area contributed by atoms with Gasteiger partial charge in [0.1, 0.15) is 5.82 Å². The highest BCUT2D eigenvalue weighted by Gasteiger charge is 2.17. The Labute approximate surface area is 122 Å². The van der Waals surface area contributed by atoms with E-state index in [-0.39, 0.29) is 5.82 Å². The number of rotatable bonds is 3. The standard InChI is InChI=1S/C14H17FN4S/c1-17-13(11-6-2-3-7-12(11)15)16-19(14(17)20)10-18-8-4-5-9-18/h2-3,6-7H,4-5,8-10H2,1H3. The van der Waals surface area contributed by atoms with E-state index in [1.807, 2.05) is 7.05 Å². The van der Waals surface area contributed by atoms with Crippen LogP contribution >= 0.6 is 12.2 Å². The number of hydrogen-bond acceptors (Lipinski definition) is 3. The lowest BCUT2D eigenvalue weighted by atomic mass is 10.2. The van der Waals surface area contributed by atoms with Gasteiger partial charge in [-0.1, -0.05) is 12.1 Å². The molecule has 1 saturated heterocycles. The summed E-state index contributed by atoms with van der Waals surface area (Å²) in [5.41, 5.74) is 0.487. The number of benzene rings is 1. The second-order valence-corrected chi connectivity index (χ2v) is 5.48. The molecule has 0 spiro atoms. The van der Waals surface area contributed by atoms with Gasteiger partial charge in [-0.15, -0.1) is 0 Å². The average molecular weight is 292 g/mol. The van der Waals surface area contributed by atoms with Gasteiger partial charge < -0.3 is 4.57 Å². The molecule has 0 amide bonds. The van der Waals surface area contributed by atoms with Gasteiger partial charge in [-0.2, -0.15) is 5.10 Å². The van der Waals surface area contributed by atoms with Crippen LogP contribution in [-0.2, 0) is 13.7 Å². The first-order chi connectivity index (χ1) is 9.66. The first-order valence-electron chi connectivity index (χ1n) is 6.78. The Hall–Kier alpha value is -1.53. The molecule has 2 heterocycles. The Morgan fingerprint density at radius 3 is 2.65 bits per heavy atom. The fourth-order valence-electron chi connectivity index (χ4n) is 2.57. The summed E-state index contributed by atoms with van der Waals surface area (Å²) in [6, 6.07) is 6.65. The smallest absolute Gasteiger partial charge is 0.199 e. The molecular formula is C14H17FN4S. The Bertz CT molecular complexity index is 670. The van der Waals surface area contributed by atoms with Gasteiger partial charge in [0.2, 0.25) is 0 Å². The maximum atomic E-state index is 13.9. The molecule has 1 aromatic heterocycles. The van der Waals surface area contributed by atoms with Crippen molar-refractivity contribution in [3.05, 3.63) is 34.9 Å². The zero-order valence-electron chi connectivity index (χ0n) is 11.4. The molecule has 0 unspecified atom stereocenters. The van der Waals surface area contributed by atoms with Crippen LogP contribution in [0.15, 0.2) is 24.3 Å². The third-order valence-electron chi connectivity index (χ3n) is 3.69. The molecule has 0 N–H and O–H groups in total. The summed E-state index contributed by atoms with van der Waals surface area (Å²) < 4.78 is 18.1. The Balaban J connectivity index is 1.97. The molecule has 3 rings (SSSR count). The minimum Gasteiger partial charge on any atom is -0.303 e. The van der Waals surface area contributed by atoms with Crippen LogP contribution in [-0.4, -0.2) is 32.3 Å². The van der Waals surface area contributed by atoms with Crippen LogP contribution in [0.5, 0.6) is 0 Å². The topological polar surface area (TPSA) is 26.0 Å². The summed E-state index contributed by atoms with van der Waals surface area (Å²) in [6.45, 7) is 2.84. The molecule has 106 valence electrons. The van der Waals surface area contributed by atoms with Crippen LogP contribution in [0.1, 0.15) is 12.8 Å². The summed E-state index contributed by atoms with van der Waals surface area (Å²) in [5, 5.41) is 4.50. The lowest BCUT2D eigenvalue weighted by molar-refractivity contribution is 0.253. The molecule has 0 atom stereocenters. The van der Waals surface area contributed by atoms with E-state index < -0.39 is 0 Å². The summed E-state index contributed by atoms with van der Waals surface area (Å²) in [7, 11) is 1.83. The molecule has 0 saturated carbocycles. The molecule has 1 aliphatic heterocycles. The highest BCUT2D eigenvalue weighted by molar-refractivity contribution is 7.71. The van der Waals surface area contributed by atoms with Crippen molar-refractivity contribution in [1.29, 1.82) is 0 Å².